The molecule has 0 aromatic carbocycles. The van der Waals surface area contributed by atoms with Gasteiger partial charge in [-0.15, -0.1) is 0 Å². The Morgan fingerprint density at radius 1 is 1.19 bits per heavy atom. The summed E-state index contributed by atoms with van der Waals surface area (Å²) in [6, 6.07) is 3.56. The number of nitrogens with one attached hydrogen (secondary N) is 2. The lowest BCUT2D eigenvalue weighted by atomic mass is 10.1. The molecule has 0 fully saturated rings. The number of hydrogen-bond donors (Lipinski definition) is 2. The van der Waals surface area contributed by atoms with E-state index in [0.717, 1.165) is 30.9 Å². The number of pyridine rings is 1. The lowest BCUT2D eigenvalue weighted by Gasteiger charge is -2.10. The molecule has 0 atom stereocenters. The van der Waals surface area contributed by atoms with Crippen molar-refractivity contribution in [1.82, 2.24) is 15.0 Å². The third-order valence-electron chi connectivity index (χ3n) is 2.88. The molecule has 0 aliphatic rings. The van der Waals surface area contributed by atoms with Crippen molar-refractivity contribution < 1.29 is 4.79 Å². The van der Waals surface area contributed by atoms with E-state index in [-0.39, 0.29) is 5.91 Å². The van der Waals surface area contributed by atoms with Gasteiger partial charge >= 0.3 is 0 Å². The summed E-state index contributed by atoms with van der Waals surface area (Å²) < 4.78 is 0. The first-order valence-electron chi connectivity index (χ1n) is 7.04. The fraction of sp³-hybridized carbons (Fsp3) is 0.333. The molecule has 110 valence electrons. The molecule has 0 aliphatic carbocycles. The minimum atomic E-state index is -0.193. The van der Waals surface area contributed by atoms with Gasteiger partial charge in [-0.05, 0) is 25.0 Å². The zero-order chi connectivity index (χ0) is 15.1. The van der Waals surface area contributed by atoms with Crippen molar-refractivity contribution in [3.05, 3.63) is 42.1 Å². The summed E-state index contributed by atoms with van der Waals surface area (Å²) in [5, 5.41) is 5.99. The van der Waals surface area contributed by atoms with Crippen molar-refractivity contribution in [2.75, 3.05) is 17.2 Å². The fourth-order valence-corrected chi connectivity index (χ4v) is 1.81. The molecular formula is C15H19N5O. The van der Waals surface area contributed by atoms with Gasteiger partial charge in [-0.1, -0.05) is 13.8 Å². The number of rotatable bonds is 6. The number of anilines is 2. The third kappa shape index (κ3) is 4.24. The molecule has 1 amide bonds. The molecule has 2 heterocycles. The summed E-state index contributed by atoms with van der Waals surface area (Å²) in [6.45, 7) is 4.92. The Bertz CT molecular complexity index is 600. The molecule has 21 heavy (non-hydrogen) atoms. The second-order valence-corrected chi connectivity index (χ2v) is 4.59. The standard InChI is InChI=1S/C15H19N5O/c1-3-5-18-14-7-11(6-12(4-2)19-14)15(21)20-13-8-16-10-17-9-13/h6-10H,3-5H2,1-2H3,(H,18,19)(H,20,21). The molecule has 6 heteroatoms. The van der Waals surface area contributed by atoms with Crippen LogP contribution in [0.2, 0.25) is 0 Å². The Morgan fingerprint density at radius 3 is 2.62 bits per heavy atom. The van der Waals surface area contributed by atoms with Gasteiger partial charge in [0, 0.05) is 17.8 Å². The molecule has 0 radical (unpaired) electrons. The van der Waals surface area contributed by atoms with Crippen LogP contribution in [0.15, 0.2) is 30.9 Å². The first-order chi connectivity index (χ1) is 10.2. The molecule has 0 spiro atoms. The summed E-state index contributed by atoms with van der Waals surface area (Å²) in [7, 11) is 0. The molecule has 0 aliphatic heterocycles. The van der Waals surface area contributed by atoms with Crippen molar-refractivity contribution in [3.8, 4) is 0 Å². The van der Waals surface area contributed by atoms with Gasteiger partial charge in [0.2, 0.25) is 0 Å². The third-order valence-corrected chi connectivity index (χ3v) is 2.88. The Hall–Kier alpha value is -2.50. The fourth-order valence-electron chi connectivity index (χ4n) is 1.81. The molecule has 0 bridgehead atoms. The Kier molecular flexibility index (Phi) is 5.20. The molecule has 2 N–H and O–H groups in total. The van der Waals surface area contributed by atoms with Crippen LogP contribution in [0.1, 0.15) is 36.3 Å². The lowest BCUT2D eigenvalue weighted by Crippen LogP contribution is -2.14. The minimum absolute atomic E-state index is 0.193. The highest BCUT2D eigenvalue weighted by Gasteiger charge is 2.10. The SMILES string of the molecule is CCCNc1cc(C(=O)Nc2cncnc2)cc(CC)n1. The zero-order valence-corrected chi connectivity index (χ0v) is 12.3. The summed E-state index contributed by atoms with van der Waals surface area (Å²) in [6.07, 6.45) is 6.31. The van der Waals surface area contributed by atoms with E-state index < -0.39 is 0 Å². The summed E-state index contributed by atoms with van der Waals surface area (Å²) in [5.74, 6) is 0.534. The molecule has 2 aromatic heterocycles. The maximum atomic E-state index is 12.3. The number of hydrogen-bond acceptors (Lipinski definition) is 5. The highest BCUT2D eigenvalue weighted by Crippen LogP contribution is 2.13. The van der Waals surface area contributed by atoms with E-state index in [4.69, 9.17) is 0 Å². The highest BCUT2D eigenvalue weighted by atomic mass is 16.1. The normalized spacial score (nSPS) is 10.2. The quantitative estimate of drug-likeness (QED) is 0.852. The van der Waals surface area contributed by atoms with Gasteiger partial charge in [0.05, 0.1) is 18.1 Å². The molecule has 0 saturated carbocycles. The van der Waals surface area contributed by atoms with Crippen LogP contribution < -0.4 is 10.6 Å². The van der Waals surface area contributed by atoms with E-state index in [1.165, 1.54) is 6.33 Å². The summed E-state index contributed by atoms with van der Waals surface area (Å²) in [5.41, 5.74) is 2.02. The van der Waals surface area contributed by atoms with Gasteiger partial charge in [0.1, 0.15) is 12.1 Å². The molecule has 2 rings (SSSR count). The predicted molar refractivity (Wildman–Crippen MR) is 82.4 cm³/mol. The van der Waals surface area contributed by atoms with Gasteiger partial charge in [-0.25, -0.2) is 15.0 Å². The zero-order valence-electron chi connectivity index (χ0n) is 12.3. The van der Waals surface area contributed by atoms with E-state index >= 15 is 0 Å². The first kappa shape index (κ1) is 14.9. The largest absolute Gasteiger partial charge is 0.370 e. The number of aromatic nitrogens is 3. The van der Waals surface area contributed by atoms with Crippen LogP contribution in [0.4, 0.5) is 11.5 Å². The highest BCUT2D eigenvalue weighted by molar-refractivity contribution is 6.04. The van der Waals surface area contributed by atoms with Gasteiger partial charge in [0.25, 0.3) is 5.91 Å². The van der Waals surface area contributed by atoms with Crippen molar-refractivity contribution in [3.63, 3.8) is 0 Å². The number of aryl methyl sites for hydroxylation is 1. The second-order valence-electron chi connectivity index (χ2n) is 4.59. The number of nitrogens with zero attached hydrogens (tertiary/aromatic N) is 3. The monoisotopic (exact) mass is 285 g/mol. The molecule has 6 nitrogen and oxygen atoms in total. The van der Waals surface area contributed by atoms with E-state index in [9.17, 15) is 4.79 Å². The summed E-state index contributed by atoms with van der Waals surface area (Å²) in [4.78, 5) is 24.5. The van der Waals surface area contributed by atoms with Crippen LogP contribution in [0.5, 0.6) is 0 Å². The van der Waals surface area contributed by atoms with Crippen molar-refractivity contribution in [2.24, 2.45) is 0 Å². The van der Waals surface area contributed by atoms with Gasteiger partial charge in [0.15, 0.2) is 0 Å². The summed E-state index contributed by atoms with van der Waals surface area (Å²) >= 11 is 0. The van der Waals surface area contributed by atoms with Crippen molar-refractivity contribution in [2.45, 2.75) is 26.7 Å². The van der Waals surface area contributed by atoms with Crippen LogP contribution in [0.25, 0.3) is 0 Å². The van der Waals surface area contributed by atoms with E-state index in [1.807, 2.05) is 6.92 Å². The Balaban J connectivity index is 2.19. The van der Waals surface area contributed by atoms with Gasteiger partial charge in [-0.2, -0.15) is 0 Å². The lowest BCUT2D eigenvalue weighted by molar-refractivity contribution is 0.102. The van der Waals surface area contributed by atoms with Crippen LogP contribution in [-0.2, 0) is 6.42 Å². The van der Waals surface area contributed by atoms with Crippen molar-refractivity contribution in [1.29, 1.82) is 0 Å². The van der Waals surface area contributed by atoms with Gasteiger partial charge < -0.3 is 10.6 Å². The number of carbonyl (C=O) groups excluding carboxylic acids is 1. The molecular weight excluding hydrogens is 266 g/mol. The average Bonchev–Trinajstić information content (AvgIpc) is 2.53. The van der Waals surface area contributed by atoms with Crippen LogP contribution in [0.3, 0.4) is 0 Å². The number of carbonyl (C=O) groups is 1. The van der Waals surface area contributed by atoms with Crippen LogP contribution >= 0.6 is 0 Å². The topological polar surface area (TPSA) is 79.8 Å². The molecule has 0 saturated heterocycles. The smallest absolute Gasteiger partial charge is 0.255 e. The number of amides is 1. The van der Waals surface area contributed by atoms with E-state index in [2.05, 4.69) is 32.5 Å². The van der Waals surface area contributed by atoms with Crippen LogP contribution in [-0.4, -0.2) is 27.4 Å². The maximum absolute atomic E-state index is 12.3. The van der Waals surface area contributed by atoms with E-state index in [1.54, 1.807) is 24.5 Å². The average molecular weight is 285 g/mol. The van der Waals surface area contributed by atoms with Crippen molar-refractivity contribution >= 4 is 17.4 Å². The second kappa shape index (κ2) is 7.33. The molecule has 0 unspecified atom stereocenters. The Morgan fingerprint density at radius 2 is 1.95 bits per heavy atom. The van der Waals surface area contributed by atoms with E-state index in [0.29, 0.717) is 11.3 Å². The van der Waals surface area contributed by atoms with Crippen LogP contribution in [0, 0.1) is 0 Å². The Labute approximate surface area is 124 Å². The maximum Gasteiger partial charge on any atom is 0.255 e. The first-order valence-corrected chi connectivity index (χ1v) is 7.04. The van der Waals surface area contributed by atoms with Gasteiger partial charge in [-0.3, -0.25) is 4.79 Å². The predicted octanol–water partition coefficient (Wildman–Crippen LogP) is 2.51. The minimum Gasteiger partial charge on any atom is -0.370 e. The molecule has 2 aromatic rings.